The first-order valence-corrected chi connectivity index (χ1v) is 8.73. The molecular weight excluding hydrogens is 351 g/mol. The normalized spacial score (nSPS) is 17.0. The molecule has 1 atom stereocenters. The first-order chi connectivity index (χ1) is 13.3. The van der Waals surface area contributed by atoms with Crippen LogP contribution in [0.5, 0.6) is 0 Å². The fourth-order valence-corrected chi connectivity index (χ4v) is 2.73. The number of benzene rings is 1. The lowest BCUT2D eigenvalue weighted by Gasteiger charge is -2.23. The zero-order valence-electron chi connectivity index (χ0n) is 14.6. The summed E-state index contributed by atoms with van der Waals surface area (Å²) in [6.45, 7) is 2.49. The van der Waals surface area contributed by atoms with E-state index in [4.69, 9.17) is 14.0 Å². The third kappa shape index (κ3) is 4.66. The van der Waals surface area contributed by atoms with Crippen LogP contribution in [0.15, 0.2) is 47.1 Å². The molecule has 3 heterocycles. The second-order valence-corrected chi connectivity index (χ2v) is 6.20. The molecule has 0 aliphatic carbocycles. The molecule has 1 fully saturated rings. The van der Waals surface area contributed by atoms with Gasteiger partial charge in [-0.25, -0.2) is 9.37 Å². The number of anilines is 1. The molecule has 1 aromatic carbocycles. The van der Waals surface area contributed by atoms with Gasteiger partial charge in [-0.1, -0.05) is 17.3 Å². The van der Waals surface area contributed by atoms with Gasteiger partial charge in [-0.2, -0.15) is 4.98 Å². The quantitative estimate of drug-likeness (QED) is 0.714. The average Bonchev–Trinajstić information content (AvgIpc) is 3.18. The standard InChI is InChI=1S/C19H19FN4O3/c20-15-4-1-13(2-5-15)9-18-23-19(27-24-18)14-3-6-17(21-10-14)22-11-16-12-25-7-8-26-16/h1-6,10,16H,7-9,11-12H2,(H,21,22)/t16-/m0/s1. The number of hydrogen-bond donors (Lipinski definition) is 1. The molecule has 2 aromatic heterocycles. The fourth-order valence-electron chi connectivity index (χ4n) is 2.73. The Kier molecular flexibility index (Phi) is 5.36. The zero-order valence-corrected chi connectivity index (χ0v) is 14.6. The van der Waals surface area contributed by atoms with Crippen LogP contribution in [0.2, 0.25) is 0 Å². The number of nitrogens with zero attached hydrogens (tertiary/aromatic N) is 3. The third-order valence-corrected chi connectivity index (χ3v) is 4.15. The minimum Gasteiger partial charge on any atom is -0.376 e. The summed E-state index contributed by atoms with van der Waals surface area (Å²) in [6, 6.07) is 9.95. The van der Waals surface area contributed by atoms with Gasteiger partial charge in [0, 0.05) is 19.2 Å². The Bertz CT molecular complexity index is 861. The molecule has 0 radical (unpaired) electrons. The molecule has 4 rings (SSSR count). The van der Waals surface area contributed by atoms with E-state index in [1.807, 2.05) is 12.1 Å². The number of ether oxygens (including phenoxy) is 2. The van der Waals surface area contributed by atoms with Crippen LogP contribution in [-0.4, -0.2) is 47.6 Å². The van der Waals surface area contributed by atoms with E-state index in [2.05, 4.69) is 20.4 Å². The van der Waals surface area contributed by atoms with Crippen LogP contribution in [0.1, 0.15) is 11.4 Å². The van der Waals surface area contributed by atoms with E-state index in [0.29, 0.717) is 44.5 Å². The number of nitrogens with one attached hydrogen (secondary N) is 1. The average molecular weight is 370 g/mol. The van der Waals surface area contributed by atoms with Gasteiger partial charge in [-0.05, 0) is 29.8 Å². The lowest BCUT2D eigenvalue weighted by Crippen LogP contribution is -2.34. The van der Waals surface area contributed by atoms with E-state index < -0.39 is 0 Å². The SMILES string of the molecule is Fc1ccc(Cc2noc(-c3ccc(NC[C@H]4COCCO4)nc3)n2)cc1. The minimum atomic E-state index is -0.269. The van der Waals surface area contributed by atoms with Gasteiger partial charge in [0.15, 0.2) is 5.82 Å². The molecule has 27 heavy (non-hydrogen) atoms. The maximum Gasteiger partial charge on any atom is 0.259 e. The highest BCUT2D eigenvalue weighted by molar-refractivity contribution is 5.54. The fraction of sp³-hybridized carbons (Fsp3) is 0.316. The smallest absolute Gasteiger partial charge is 0.259 e. The molecule has 0 amide bonds. The maximum absolute atomic E-state index is 13.0. The van der Waals surface area contributed by atoms with Gasteiger partial charge in [0.2, 0.25) is 0 Å². The van der Waals surface area contributed by atoms with Crippen LogP contribution in [0, 0.1) is 5.82 Å². The van der Waals surface area contributed by atoms with Gasteiger partial charge in [0.25, 0.3) is 5.89 Å². The first kappa shape index (κ1) is 17.6. The van der Waals surface area contributed by atoms with Crippen LogP contribution in [0.3, 0.4) is 0 Å². The topological polar surface area (TPSA) is 82.3 Å². The molecule has 7 nitrogen and oxygen atoms in total. The summed E-state index contributed by atoms with van der Waals surface area (Å²) in [5, 5.41) is 7.20. The highest BCUT2D eigenvalue weighted by Gasteiger charge is 2.14. The molecule has 8 heteroatoms. The van der Waals surface area contributed by atoms with Crippen molar-refractivity contribution in [2.45, 2.75) is 12.5 Å². The Morgan fingerprint density at radius 3 is 2.74 bits per heavy atom. The molecule has 1 saturated heterocycles. The minimum absolute atomic E-state index is 0.0326. The van der Waals surface area contributed by atoms with E-state index in [1.165, 1.54) is 12.1 Å². The van der Waals surface area contributed by atoms with Gasteiger partial charge in [-0.15, -0.1) is 0 Å². The van der Waals surface area contributed by atoms with Crippen molar-refractivity contribution in [2.24, 2.45) is 0 Å². The monoisotopic (exact) mass is 370 g/mol. The van der Waals surface area contributed by atoms with E-state index in [-0.39, 0.29) is 11.9 Å². The van der Waals surface area contributed by atoms with E-state index in [9.17, 15) is 4.39 Å². The summed E-state index contributed by atoms with van der Waals surface area (Å²) in [4.78, 5) is 8.74. The summed E-state index contributed by atoms with van der Waals surface area (Å²) in [6.07, 6.45) is 2.18. The van der Waals surface area contributed by atoms with Crippen LogP contribution in [0.25, 0.3) is 11.5 Å². The van der Waals surface area contributed by atoms with Crippen molar-refractivity contribution >= 4 is 5.82 Å². The molecule has 1 N–H and O–H groups in total. The Morgan fingerprint density at radius 2 is 2.00 bits per heavy atom. The molecule has 0 bridgehead atoms. The molecule has 3 aromatic rings. The predicted molar refractivity (Wildman–Crippen MR) is 95.8 cm³/mol. The molecular formula is C19H19FN4O3. The molecule has 1 aliphatic rings. The predicted octanol–water partition coefficient (Wildman–Crippen LogP) is 2.69. The molecule has 140 valence electrons. The Hall–Kier alpha value is -2.84. The zero-order chi connectivity index (χ0) is 18.5. The third-order valence-electron chi connectivity index (χ3n) is 4.15. The van der Waals surface area contributed by atoms with Gasteiger partial charge >= 0.3 is 0 Å². The number of halogens is 1. The summed E-state index contributed by atoms with van der Waals surface area (Å²) < 4.78 is 29.2. The Balaban J connectivity index is 1.36. The maximum atomic E-state index is 13.0. The highest BCUT2D eigenvalue weighted by Crippen LogP contribution is 2.19. The van der Waals surface area contributed by atoms with E-state index in [1.54, 1.807) is 18.3 Å². The van der Waals surface area contributed by atoms with Gasteiger partial charge < -0.3 is 19.3 Å². The van der Waals surface area contributed by atoms with Crippen LogP contribution >= 0.6 is 0 Å². The van der Waals surface area contributed by atoms with Crippen molar-refractivity contribution < 1.29 is 18.4 Å². The summed E-state index contributed by atoms with van der Waals surface area (Å²) in [7, 11) is 0. The van der Waals surface area contributed by atoms with Crippen molar-refractivity contribution in [3.63, 3.8) is 0 Å². The van der Waals surface area contributed by atoms with Crippen molar-refractivity contribution in [3.8, 4) is 11.5 Å². The second kappa shape index (κ2) is 8.24. The van der Waals surface area contributed by atoms with Crippen LogP contribution < -0.4 is 5.32 Å². The Morgan fingerprint density at radius 1 is 1.11 bits per heavy atom. The highest BCUT2D eigenvalue weighted by atomic mass is 19.1. The lowest BCUT2D eigenvalue weighted by atomic mass is 10.1. The van der Waals surface area contributed by atoms with Crippen molar-refractivity contribution in [1.82, 2.24) is 15.1 Å². The summed E-state index contributed by atoms with van der Waals surface area (Å²) >= 11 is 0. The molecule has 0 saturated carbocycles. The lowest BCUT2D eigenvalue weighted by molar-refractivity contribution is -0.0819. The second-order valence-electron chi connectivity index (χ2n) is 6.20. The van der Waals surface area contributed by atoms with E-state index >= 15 is 0 Å². The molecule has 0 unspecified atom stereocenters. The first-order valence-electron chi connectivity index (χ1n) is 8.73. The van der Waals surface area contributed by atoms with Crippen LogP contribution in [-0.2, 0) is 15.9 Å². The molecule has 1 aliphatic heterocycles. The van der Waals surface area contributed by atoms with Gasteiger partial charge in [-0.3, -0.25) is 0 Å². The molecule has 0 spiro atoms. The number of rotatable bonds is 6. The van der Waals surface area contributed by atoms with Crippen molar-refractivity contribution in [3.05, 3.63) is 59.8 Å². The Labute approximate surface area is 155 Å². The van der Waals surface area contributed by atoms with Crippen LogP contribution in [0.4, 0.5) is 10.2 Å². The summed E-state index contributed by atoms with van der Waals surface area (Å²) in [5.74, 6) is 1.40. The number of aromatic nitrogens is 3. The summed E-state index contributed by atoms with van der Waals surface area (Å²) in [5.41, 5.74) is 1.64. The number of hydrogen-bond acceptors (Lipinski definition) is 7. The van der Waals surface area contributed by atoms with Gasteiger partial charge in [0.05, 0.1) is 31.5 Å². The van der Waals surface area contributed by atoms with Gasteiger partial charge in [0.1, 0.15) is 11.6 Å². The largest absolute Gasteiger partial charge is 0.376 e. The van der Waals surface area contributed by atoms with Crippen molar-refractivity contribution in [2.75, 3.05) is 31.7 Å². The van der Waals surface area contributed by atoms with Crippen molar-refractivity contribution in [1.29, 1.82) is 0 Å². The van der Waals surface area contributed by atoms with E-state index in [0.717, 1.165) is 16.9 Å². The number of pyridine rings is 1.